The molecule has 1 N–H and O–H groups in total. The van der Waals surface area contributed by atoms with E-state index < -0.39 is 29.4 Å². The third kappa shape index (κ3) is 4.19. The Morgan fingerprint density at radius 3 is 2.50 bits per heavy atom. The third-order valence-corrected chi connectivity index (χ3v) is 3.88. The van der Waals surface area contributed by atoms with Crippen molar-refractivity contribution < 1.29 is 23.9 Å². The smallest absolute Gasteiger partial charge is 0.354 e. The van der Waals surface area contributed by atoms with E-state index in [4.69, 9.17) is 9.47 Å². The first-order valence-corrected chi connectivity index (χ1v) is 8.29. The molecule has 8 heteroatoms. The maximum Gasteiger partial charge on any atom is 0.354 e. The number of benzene rings is 1. The average Bonchev–Trinajstić information content (AvgIpc) is 3.07. The van der Waals surface area contributed by atoms with Crippen molar-refractivity contribution in [3.05, 3.63) is 30.3 Å². The molecule has 0 fully saturated rings. The maximum atomic E-state index is 12.8. The van der Waals surface area contributed by atoms with Gasteiger partial charge in [0, 0.05) is 6.42 Å². The molecule has 1 heterocycles. The Hall–Kier alpha value is -2.90. The quantitative estimate of drug-likeness (QED) is 0.766. The van der Waals surface area contributed by atoms with Crippen LogP contribution < -0.4 is 10.3 Å². The van der Waals surface area contributed by atoms with Crippen LogP contribution in [0.2, 0.25) is 0 Å². The van der Waals surface area contributed by atoms with Crippen molar-refractivity contribution in [2.75, 3.05) is 18.7 Å². The Labute approximate surface area is 152 Å². The first kappa shape index (κ1) is 19.4. The molecule has 0 aliphatic carbocycles. The average molecular weight is 361 g/mol. The van der Waals surface area contributed by atoms with Crippen LogP contribution in [0.3, 0.4) is 0 Å². The van der Waals surface area contributed by atoms with Crippen molar-refractivity contribution in [3.8, 4) is 0 Å². The molecule has 1 amide bonds. The van der Waals surface area contributed by atoms with Crippen molar-refractivity contribution in [2.45, 2.75) is 38.8 Å². The number of esters is 2. The van der Waals surface area contributed by atoms with Crippen LogP contribution in [0, 0.1) is 0 Å². The Morgan fingerprint density at radius 2 is 1.92 bits per heavy atom. The summed E-state index contributed by atoms with van der Waals surface area (Å²) in [5.74, 6) is -1.56. The number of nitrogens with zero attached hydrogens (tertiary/aromatic N) is 2. The second kappa shape index (κ2) is 7.99. The van der Waals surface area contributed by atoms with Gasteiger partial charge in [0.05, 0.1) is 19.4 Å². The van der Waals surface area contributed by atoms with E-state index in [-0.39, 0.29) is 18.7 Å². The molecule has 2 rings (SSSR count). The van der Waals surface area contributed by atoms with Crippen LogP contribution in [0.5, 0.6) is 0 Å². The predicted molar refractivity (Wildman–Crippen MR) is 95.6 cm³/mol. The number of amides is 1. The fourth-order valence-corrected chi connectivity index (χ4v) is 2.57. The number of para-hydroxylation sites is 1. The number of nitrogens with one attached hydrogen (secondary N) is 1. The molecule has 0 aromatic heterocycles. The topological polar surface area (TPSA) is 97.3 Å². The maximum absolute atomic E-state index is 12.8. The van der Waals surface area contributed by atoms with Crippen molar-refractivity contribution in [1.82, 2.24) is 5.32 Å². The summed E-state index contributed by atoms with van der Waals surface area (Å²) in [6, 6.07) is 8.24. The highest BCUT2D eigenvalue weighted by molar-refractivity contribution is 6.38. The molecule has 140 valence electrons. The third-order valence-electron chi connectivity index (χ3n) is 3.88. The van der Waals surface area contributed by atoms with Crippen LogP contribution in [0.25, 0.3) is 0 Å². The standard InChI is InChI=1S/C18H23N3O5/c1-5-26-16(23)13-11-14(15(22)19-18(2,3)17(24)25-4)21(20-13)12-9-7-6-8-10-12/h6-10,14H,5,11H2,1-4H3,(H,19,22)/t14-/m0/s1. The van der Waals surface area contributed by atoms with Gasteiger partial charge in [-0.05, 0) is 32.9 Å². The van der Waals surface area contributed by atoms with Crippen LogP contribution in [0.1, 0.15) is 27.2 Å². The van der Waals surface area contributed by atoms with Crippen molar-refractivity contribution in [3.63, 3.8) is 0 Å². The van der Waals surface area contributed by atoms with Gasteiger partial charge in [0.15, 0.2) is 0 Å². The summed E-state index contributed by atoms with van der Waals surface area (Å²) in [7, 11) is 1.25. The molecule has 8 nitrogen and oxygen atoms in total. The summed E-state index contributed by atoms with van der Waals surface area (Å²) >= 11 is 0. The van der Waals surface area contributed by atoms with Crippen LogP contribution in [-0.4, -0.2) is 48.9 Å². The van der Waals surface area contributed by atoms with Gasteiger partial charge in [-0.25, -0.2) is 9.59 Å². The van der Waals surface area contributed by atoms with Gasteiger partial charge in [0.2, 0.25) is 5.91 Å². The van der Waals surface area contributed by atoms with Gasteiger partial charge in [-0.2, -0.15) is 5.10 Å². The van der Waals surface area contributed by atoms with Gasteiger partial charge < -0.3 is 14.8 Å². The van der Waals surface area contributed by atoms with Gasteiger partial charge in [0.25, 0.3) is 0 Å². The molecular formula is C18H23N3O5. The summed E-state index contributed by atoms with van der Waals surface area (Å²) in [4.78, 5) is 36.7. The molecule has 1 aliphatic heterocycles. The molecule has 0 radical (unpaired) electrons. The highest BCUT2D eigenvalue weighted by Crippen LogP contribution is 2.25. The number of carbonyl (C=O) groups is 3. The highest BCUT2D eigenvalue weighted by atomic mass is 16.5. The zero-order chi connectivity index (χ0) is 19.3. The Kier molecular flexibility index (Phi) is 5.97. The lowest BCUT2D eigenvalue weighted by molar-refractivity contribution is -0.149. The van der Waals surface area contributed by atoms with Gasteiger partial charge in [0.1, 0.15) is 17.3 Å². The summed E-state index contributed by atoms with van der Waals surface area (Å²) < 4.78 is 9.70. The fourth-order valence-electron chi connectivity index (χ4n) is 2.57. The molecule has 1 atom stereocenters. The summed E-state index contributed by atoms with van der Waals surface area (Å²) in [5.41, 5.74) is -0.393. The number of ether oxygens (including phenoxy) is 2. The van der Waals surface area contributed by atoms with Gasteiger partial charge >= 0.3 is 11.9 Å². The first-order chi connectivity index (χ1) is 12.3. The van der Waals surface area contributed by atoms with Crippen LogP contribution in [0.4, 0.5) is 5.69 Å². The number of hydrogen-bond donors (Lipinski definition) is 1. The normalized spacial score (nSPS) is 16.7. The van der Waals surface area contributed by atoms with E-state index in [0.717, 1.165) is 0 Å². The Bertz CT molecular complexity index is 715. The van der Waals surface area contributed by atoms with Gasteiger partial charge in [-0.1, -0.05) is 18.2 Å². The zero-order valence-electron chi connectivity index (χ0n) is 15.3. The molecule has 1 aromatic rings. The molecule has 1 aromatic carbocycles. The lowest BCUT2D eigenvalue weighted by atomic mass is 10.0. The Balaban J connectivity index is 2.26. The van der Waals surface area contributed by atoms with E-state index in [1.54, 1.807) is 45.0 Å². The number of methoxy groups -OCH3 is 1. The summed E-state index contributed by atoms with van der Waals surface area (Å²) in [6.45, 7) is 5.01. The lowest BCUT2D eigenvalue weighted by Gasteiger charge is -2.28. The number of carbonyl (C=O) groups excluding carboxylic acids is 3. The van der Waals surface area contributed by atoms with Crippen molar-refractivity contribution in [1.29, 1.82) is 0 Å². The van der Waals surface area contributed by atoms with Crippen molar-refractivity contribution in [2.24, 2.45) is 5.10 Å². The SMILES string of the molecule is CCOC(=O)C1=NN(c2ccccc2)[C@H](C(=O)NC(C)(C)C(=O)OC)C1. The first-order valence-electron chi connectivity index (χ1n) is 8.29. The largest absolute Gasteiger partial charge is 0.467 e. The Morgan fingerprint density at radius 1 is 1.27 bits per heavy atom. The van der Waals surface area contributed by atoms with E-state index >= 15 is 0 Å². The molecule has 0 saturated heterocycles. The van der Waals surface area contributed by atoms with Crippen molar-refractivity contribution >= 4 is 29.2 Å². The second-order valence-electron chi connectivity index (χ2n) is 6.27. The molecule has 0 bridgehead atoms. The molecule has 1 aliphatic rings. The molecular weight excluding hydrogens is 338 g/mol. The van der Waals surface area contributed by atoms with E-state index in [1.165, 1.54) is 12.1 Å². The summed E-state index contributed by atoms with van der Waals surface area (Å²) in [6.07, 6.45) is 0.0802. The summed E-state index contributed by atoms with van der Waals surface area (Å²) in [5, 5.41) is 8.40. The van der Waals surface area contributed by atoms with E-state index in [0.29, 0.717) is 5.69 Å². The zero-order valence-corrected chi connectivity index (χ0v) is 15.3. The van der Waals surface area contributed by atoms with E-state index in [9.17, 15) is 14.4 Å². The highest BCUT2D eigenvalue weighted by Gasteiger charge is 2.40. The fraction of sp³-hybridized carbons (Fsp3) is 0.444. The van der Waals surface area contributed by atoms with Crippen LogP contribution >= 0.6 is 0 Å². The predicted octanol–water partition coefficient (Wildman–Crippen LogP) is 1.25. The van der Waals surface area contributed by atoms with Gasteiger partial charge in [-0.3, -0.25) is 9.80 Å². The number of anilines is 1. The van der Waals surface area contributed by atoms with Crippen LogP contribution in [0.15, 0.2) is 35.4 Å². The number of rotatable bonds is 6. The monoisotopic (exact) mass is 361 g/mol. The molecule has 26 heavy (non-hydrogen) atoms. The lowest BCUT2D eigenvalue weighted by Crippen LogP contribution is -2.55. The molecule has 0 spiro atoms. The van der Waals surface area contributed by atoms with Crippen LogP contribution in [-0.2, 0) is 23.9 Å². The second-order valence-corrected chi connectivity index (χ2v) is 6.27. The van der Waals surface area contributed by atoms with E-state index in [2.05, 4.69) is 10.4 Å². The minimum atomic E-state index is -1.21. The number of hydrogen-bond acceptors (Lipinski definition) is 7. The minimum absolute atomic E-state index is 0.0802. The van der Waals surface area contributed by atoms with E-state index in [1.807, 2.05) is 6.07 Å². The molecule has 0 unspecified atom stereocenters. The number of hydrazone groups is 1. The minimum Gasteiger partial charge on any atom is -0.467 e. The van der Waals surface area contributed by atoms with Gasteiger partial charge in [-0.15, -0.1) is 0 Å². The molecule has 0 saturated carbocycles.